The number of ether oxygens (including phenoxy) is 2. The first-order chi connectivity index (χ1) is 22.8. The fourth-order valence-corrected chi connectivity index (χ4v) is 7.28. The Kier molecular flexibility index (Phi) is 12.6. The predicted molar refractivity (Wildman–Crippen MR) is 179 cm³/mol. The van der Waals surface area contributed by atoms with Crippen molar-refractivity contribution in [2.75, 3.05) is 32.7 Å². The van der Waals surface area contributed by atoms with Crippen LogP contribution >= 0.6 is 0 Å². The topological polar surface area (TPSA) is 151 Å². The van der Waals surface area contributed by atoms with Crippen LogP contribution in [0.25, 0.3) is 0 Å². The molecule has 13 heteroatoms. The van der Waals surface area contributed by atoms with E-state index in [1.807, 2.05) is 35.2 Å². The van der Waals surface area contributed by atoms with Gasteiger partial charge in [0, 0.05) is 45.6 Å². The molecule has 0 aromatic heterocycles. The monoisotopic (exact) mass is 684 g/mol. The molecule has 0 saturated carbocycles. The minimum Gasteiger partial charge on any atom is -0.459 e. The summed E-state index contributed by atoms with van der Waals surface area (Å²) in [5, 5.41) is 2.64. The molecule has 3 amide bonds. The highest BCUT2D eigenvalue weighted by Crippen LogP contribution is 2.41. The van der Waals surface area contributed by atoms with E-state index in [1.165, 1.54) is 12.1 Å². The van der Waals surface area contributed by atoms with Gasteiger partial charge in [-0.05, 0) is 76.0 Å². The number of carbonyl (C=O) groups excluding carboxylic acids is 4. The molecule has 1 spiro atoms. The van der Waals surface area contributed by atoms with Crippen LogP contribution in [0, 0.1) is 5.41 Å². The lowest BCUT2D eigenvalue weighted by Gasteiger charge is -2.47. The lowest BCUT2D eigenvalue weighted by Crippen LogP contribution is -2.50. The molecule has 0 radical (unpaired) electrons. The maximum Gasteiger partial charge on any atom is 0.407 e. The molecule has 48 heavy (non-hydrogen) atoms. The molecule has 2 fully saturated rings. The zero-order valence-electron chi connectivity index (χ0n) is 28.1. The molecule has 2 saturated heterocycles. The molecule has 1 atom stereocenters. The van der Waals surface area contributed by atoms with Crippen LogP contribution in [-0.4, -0.2) is 86.5 Å². The number of nitrogens with zero attached hydrogens (tertiary/aromatic N) is 2. The third-order valence-corrected chi connectivity index (χ3v) is 10.4. The van der Waals surface area contributed by atoms with Crippen molar-refractivity contribution >= 4 is 33.9 Å². The third kappa shape index (κ3) is 11.0. The molecule has 2 aliphatic heterocycles. The number of benzene rings is 2. The molecule has 0 aliphatic carbocycles. The molecule has 0 bridgehead atoms. The van der Waals surface area contributed by atoms with E-state index < -0.39 is 33.7 Å². The fraction of sp³-hybridized carbons (Fsp3) is 0.543. The summed E-state index contributed by atoms with van der Waals surface area (Å²) in [7, 11) is -4.01. The van der Waals surface area contributed by atoms with Crippen molar-refractivity contribution < 1.29 is 37.1 Å². The van der Waals surface area contributed by atoms with Crippen LogP contribution in [0.3, 0.4) is 0 Å². The van der Waals surface area contributed by atoms with Gasteiger partial charge in [-0.1, -0.05) is 48.5 Å². The summed E-state index contributed by atoms with van der Waals surface area (Å²) in [6, 6.07) is 15.9. The van der Waals surface area contributed by atoms with Crippen molar-refractivity contribution in [1.29, 1.82) is 0 Å². The predicted octanol–water partition coefficient (Wildman–Crippen LogP) is 4.00. The van der Waals surface area contributed by atoms with E-state index in [9.17, 15) is 27.6 Å². The molecule has 12 nitrogen and oxygen atoms in total. The van der Waals surface area contributed by atoms with Crippen molar-refractivity contribution in [2.45, 2.75) is 88.9 Å². The summed E-state index contributed by atoms with van der Waals surface area (Å²) in [5.41, 5.74) is 0.113. The minimum absolute atomic E-state index is 0.00959. The number of esters is 1. The Hall–Kier alpha value is -3.97. The van der Waals surface area contributed by atoms with Gasteiger partial charge in [-0.3, -0.25) is 14.4 Å². The number of sulfonamides is 1. The van der Waals surface area contributed by atoms with E-state index in [1.54, 1.807) is 43.9 Å². The van der Waals surface area contributed by atoms with E-state index in [-0.39, 0.29) is 54.5 Å². The zero-order chi connectivity index (χ0) is 34.8. The molecule has 4 rings (SSSR count). The van der Waals surface area contributed by atoms with Crippen molar-refractivity contribution in [3.63, 3.8) is 0 Å². The first kappa shape index (κ1) is 36.9. The maximum atomic E-state index is 13.2. The Balaban J connectivity index is 1.19. The fourth-order valence-electron chi connectivity index (χ4n) is 6.04. The van der Waals surface area contributed by atoms with Gasteiger partial charge in [0.15, 0.2) is 0 Å². The quantitative estimate of drug-likeness (QED) is 0.319. The maximum absolute atomic E-state index is 13.2. The molecular formula is C35H48N4O8S. The van der Waals surface area contributed by atoms with Crippen LogP contribution < -0.4 is 10.0 Å². The second-order valence-corrected chi connectivity index (χ2v) is 15.3. The lowest BCUT2D eigenvalue weighted by molar-refractivity contribution is -0.157. The van der Waals surface area contributed by atoms with Crippen molar-refractivity contribution in [3.8, 4) is 0 Å². The SMILES string of the molecule is CC(C)(C)OC(=O)C(CCC(=O)N1CCC2(CCN(C(=O)CCNC(=O)OCc3ccccc3)CC2)CC1)NS(=O)(=O)c1ccccc1. The Labute approximate surface area is 283 Å². The summed E-state index contributed by atoms with van der Waals surface area (Å²) in [6.45, 7) is 7.86. The Bertz CT molecular complexity index is 1490. The lowest BCUT2D eigenvalue weighted by atomic mass is 9.71. The van der Waals surface area contributed by atoms with E-state index in [0.717, 1.165) is 31.2 Å². The van der Waals surface area contributed by atoms with Crippen molar-refractivity contribution in [2.24, 2.45) is 5.41 Å². The molecule has 2 heterocycles. The van der Waals surface area contributed by atoms with Gasteiger partial charge >= 0.3 is 12.1 Å². The number of likely N-dealkylation sites (tertiary alicyclic amines) is 2. The number of alkyl carbamates (subject to hydrolysis) is 1. The second-order valence-electron chi connectivity index (χ2n) is 13.6. The van der Waals surface area contributed by atoms with Gasteiger partial charge in [0.25, 0.3) is 0 Å². The number of hydrogen-bond donors (Lipinski definition) is 2. The van der Waals surface area contributed by atoms with Crippen LogP contribution in [-0.2, 0) is 40.5 Å². The second kappa shape index (κ2) is 16.4. The molecular weight excluding hydrogens is 636 g/mol. The number of amides is 3. The summed E-state index contributed by atoms with van der Waals surface area (Å²) in [5.74, 6) is -0.879. The normalized spacial score (nSPS) is 17.0. The molecule has 1 unspecified atom stereocenters. The minimum atomic E-state index is -4.01. The van der Waals surface area contributed by atoms with E-state index >= 15 is 0 Å². The Morgan fingerprint density at radius 2 is 1.33 bits per heavy atom. The number of piperidine rings is 2. The van der Waals surface area contributed by atoms with Gasteiger partial charge in [0.05, 0.1) is 4.90 Å². The molecule has 2 aromatic rings. The van der Waals surface area contributed by atoms with Crippen LogP contribution in [0.2, 0.25) is 0 Å². The zero-order valence-corrected chi connectivity index (χ0v) is 28.9. The average molecular weight is 685 g/mol. The molecule has 2 N–H and O–H groups in total. The van der Waals surface area contributed by atoms with Crippen LogP contribution in [0.15, 0.2) is 65.6 Å². The van der Waals surface area contributed by atoms with Gasteiger partial charge in [0.1, 0.15) is 18.2 Å². The smallest absolute Gasteiger partial charge is 0.407 e. The van der Waals surface area contributed by atoms with E-state index in [2.05, 4.69) is 10.0 Å². The van der Waals surface area contributed by atoms with E-state index in [4.69, 9.17) is 9.47 Å². The number of hydrogen-bond acceptors (Lipinski definition) is 8. The number of nitrogens with one attached hydrogen (secondary N) is 2. The van der Waals surface area contributed by atoms with Crippen LogP contribution in [0.1, 0.15) is 71.3 Å². The number of rotatable bonds is 12. The molecule has 262 valence electrons. The summed E-state index contributed by atoms with van der Waals surface area (Å²) >= 11 is 0. The largest absolute Gasteiger partial charge is 0.459 e. The van der Waals surface area contributed by atoms with Crippen LogP contribution in [0.5, 0.6) is 0 Å². The summed E-state index contributed by atoms with van der Waals surface area (Å²) in [4.78, 5) is 54.6. The van der Waals surface area contributed by atoms with Gasteiger partial charge in [-0.15, -0.1) is 0 Å². The first-order valence-electron chi connectivity index (χ1n) is 16.6. The highest BCUT2D eigenvalue weighted by atomic mass is 32.2. The highest BCUT2D eigenvalue weighted by molar-refractivity contribution is 7.89. The molecule has 2 aromatic carbocycles. The van der Waals surface area contributed by atoms with E-state index in [0.29, 0.717) is 26.2 Å². The third-order valence-electron chi connectivity index (χ3n) is 8.86. The Morgan fingerprint density at radius 1 is 0.812 bits per heavy atom. The molecule has 2 aliphatic rings. The van der Waals surface area contributed by atoms with Crippen LogP contribution in [0.4, 0.5) is 4.79 Å². The average Bonchev–Trinajstić information content (AvgIpc) is 3.06. The summed E-state index contributed by atoms with van der Waals surface area (Å²) < 4.78 is 39.1. The van der Waals surface area contributed by atoms with Gasteiger partial charge < -0.3 is 24.6 Å². The van der Waals surface area contributed by atoms with Gasteiger partial charge in [0.2, 0.25) is 21.8 Å². The highest BCUT2D eigenvalue weighted by Gasteiger charge is 2.39. The number of carbonyl (C=O) groups is 4. The standard InChI is InChI=1S/C35H48N4O8S/c1-34(2,3)47-32(42)29(37-48(44,45)28-12-8-5-9-13-28)14-15-30(40)38-22-17-35(18-23-38)19-24-39(25-20-35)31(41)16-21-36-33(43)46-26-27-10-6-4-7-11-27/h4-13,29,37H,14-26H2,1-3H3,(H,36,43). The van der Waals surface area contributed by atoms with Gasteiger partial charge in [-0.2, -0.15) is 4.72 Å². The van der Waals surface area contributed by atoms with Crippen molar-refractivity contribution in [1.82, 2.24) is 19.8 Å². The first-order valence-corrected chi connectivity index (χ1v) is 18.0. The Morgan fingerprint density at radius 3 is 1.88 bits per heavy atom. The summed E-state index contributed by atoms with van der Waals surface area (Å²) in [6.07, 6.45) is 2.91. The van der Waals surface area contributed by atoms with Gasteiger partial charge in [-0.25, -0.2) is 13.2 Å². The van der Waals surface area contributed by atoms with Crippen molar-refractivity contribution in [3.05, 3.63) is 66.2 Å².